The van der Waals surface area contributed by atoms with Crippen LogP contribution in [-0.2, 0) is 33.9 Å². The van der Waals surface area contributed by atoms with E-state index in [1.54, 1.807) is 19.2 Å². The van der Waals surface area contributed by atoms with Crippen molar-refractivity contribution in [3.63, 3.8) is 0 Å². The lowest BCUT2D eigenvalue weighted by molar-refractivity contribution is -0.144. The fourth-order valence-corrected chi connectivity index (χ4v) is 3.58. The van der Waals surface area contributed by atoms with Gasteiger partial charge >= 0.3 is 11.9 Å². The van der Waals surface area contributed by atoms with Gasteiger partial charge in [-0.25, -0.2) is 8.78 Å². The summed E-state index contributed by atoms with van der Waals surface area (Å²) in [6.45, 7) is 0.546. The molecule has 34 heavy (non-hydrogen) atoms. The second-order valence-corrected chi connectivity index (χ2v) is 7.63. The Hall–Kier alpha value is -3.78. The molecule has 0 aromatic heterocycles. The van der Waals surface area contributed by atoms with E-state index in [-0.39, 0.29) is 25.0 Å². The molecule has 0 radical (unpaired) electrons. The molecular weight excluding hydrogens is 444 g/mol. The van der Waals surface area contributed by atoms with Gasteiger partial charge in [0.2, 0.25) is 0 Å². The lowest BCUT2D eigenvalue weighted by Crippen LogP contribution is -2.19. The molecule has 0 unspecified atom stereocenters. The summed E-state index contributed by atoms with van der Waals surface area (Å²) in [6.07, 6.45) is -0.00779. The summed E-state index contributed by atoms with van der Waals surface area (Å²) in [6, 6.07) is 15.9. The first-order chi connectivity index (χ1) is 16.4. The van der Waals surface area contributed by atoms with Gasteiger partial charge < -0.3 is 19.9 Å². The fraction of sp³-hybridized carbons (Fsp3) is 0.231. The standard InChI is InChI=1S/C26H25F2NO5/c1-33-23-7-3-6-20(26(23)19-5-2-4-17(10-19)13-24(30)31)15-29-9-8-25(32)34-16-18-11-21(27)14-22(28)12-18/h2-7,10-12,14,29H,8-9,13,15-16H2,1H3,(H,30,31). The summed E-state index contributed by atoms with van der Waals surface area (Å²) in [5, 5.41) is 12.3. The average Bonchev–Trinajstić information content (AvgIpc) is 2.79. The number of benzene rings is 3. The summed E-state index contributed by atoms with van der Waals surface area (Å²) in [7, 11) is 1.57. The Kier molecular flexibility index (Phi) is 8.70. The van der Waals surface area contributed by atoms with Crippen molar-refractivity contribution in [3.05, 3.63) is 89.0 Å². The van der Waals surface area contributed by atoms with Crippen molar-refractivity contribution in [2.24, 2.45) is 0 Å². The first-order valence-electron chi connectivity index (χ1n) is 10.6. The van der Waals surface area contributed by atoms with Gasteiger partial charge in [0.25, 0.3) is 0 Å². The highest BCUT2D eigenvalue weighted by Gasteiger charge is 2.13. The molecule has 0 fully saturated rings. The van der Waals surface area contributed by atoms with Crippen LogP contribution in [-0.4, -0.2) is 30.7 Å². The molecule has 0 spiro atoms. The lowest BCUT2D eigenvalue weighted by Gasteiger charge is -2.15. The van der Waals surface area contributed by atoms with Crippen molar-refractivity contribution in [3.8, 4) is 16.9 Å². The molecule has 0 bridgehead atoms. The number of hydrogen-bond donors (Lipinski definition) is 2. The Labute approximate surface area is 196 Å². The lowest BCUT2D eigenvalue weighted by atomic mass is 9.96. The minimum Gasteiger partial charge on any atom is -0.496 e. The van der Waals surface area contributed by atoms with Crippen LogP contribution in [0.5, 0.6) is 5.75 Å². The van der Waals surface area contributed by atoms with Crippen molar-refractivity contribution in [2.75, 3.05) is 13.7 Å². The monoisotopic (exact) mass is 469 g/mol. The number of methoxy groups -OCH3 is 1. The third kappa shape index (κ3) is 7.11. The molecule has 0 heterocycles. The number of aliphatic carboxylic acids is 1. The number of carbonyl (C=O) groups excluding carboxylic acids is 1. The number of carboxylic acid groups (broad SMARTS) is 1. The molecule has 3 aromatic rings. The predicted octanol–water partition coefficient (Wildman–Crippen LogP) is 4.49. The zero-order valence-electron chi connectivity index (χ0n) is 18.6. The van der Waals surface area contributed by atoms with E-state index in [0.717, 1.165) is 34.9 Å². The number of halogens is 2. The Morgan fingerprint density at radius 1 is 0.971 bits per heavy atom. The van der Waals surface area contributed by atoms with Gasteiger partial charge in [0.15, 0.2) is 0 Å². The Morgan fingerprint density at radius 2 is 1.71 bits per heavy atom. The Bertz CT molecular complexity index is 1150. The van der Waals surface area contributed by atoms with Gasteiger partial charge in [-0.15, -0.1) is 0 Å². The van der Waals surface area contributed by atoms with Crippen molar-refractivity contribution in [2.45, 2.75) is 26.0 Å². The molecule has 0 amide bonds. The molecule has 0 atom stereocenters. The quantitative estimate of drug-likeness (QED) is 0.318. The average molecular weight is 469 g/mol. The predicted molar refractivity (Wildman–Crippen MR) is 122 cm³/mol. The molecule has 0 saturated heterocycles. The summed E-state index contributed by atoms with van der Waals surface area (Å²) in [4.78, 5) is 23.1. The maximum absolute atomic E-state index is 13.2. The number of hydrogen-bond acceptors (Lipinski definition) is 5. The smallest absolute Gasteiger partial charge is 0.307 e. The number of carboxylic acids is 1. The van der Waals surface area contributed by atoms with Gasteiger partial charge in [0.1, 0.15) is 24.0 Å². The van der Waals surface area contributed by atoms with Crippen LogP contribution in [0.2, 0.25) is 0 Å². The second-order valence-electron chi connectivity index (χ2n) is 7.63. The van der Waals surface area contributed by atoms with E-state index in [1.807, 2.05) is 30.3 Å². The van der Waals surface area contributed by atoms with E-state index in [2.05, 4.69) is 5.32 Å². The molecule has 0 saturated carbocycles. The molecule has 6 nitrogen and oxygen atoms in total. The summed E-state index contributed by atoms with van der Waals surface area (Å²) in [5.41, 5.74) is 3.49. The fourth-order valence-electron chi connectivity index (χ4n) is 3.58. The van der Waals surface area contributed by atoms with Crippen LogP contribution in [0.3, 0.4) is 0 Å². The van der Waals surface area contributed by atoms with E-state index in [4.69, 9.17) is 14.6 Å². The van der Waals surface area contributed by atoms with Crippen LogP contribution in [0.15, 0.2) is 60.7 Å². The van der Waals surface area contributed by atoms with E-state index < -0.39 is 23.6 Å². The number of esters is 1. The third-order valence-electron chi connectivity index (χ3n) is 5.05. The van der Waals surface area contributed by atoms with Crippen LogP contribution in [0.4, 0.5) is 8.78 Å². The van der Waals surface area contributed by atoms with Gasteiger partial charge in [-0.05, 0) is 40.5 Å². The molecule has 0 aliphatic carbocycles. The van der Waals surface area contributed by atoms with E-state index in [1.165, 1.54) is 0 Å². The third-order valence-corrected chi connectivity index (χ3v) is 5.05. The Balaban J connectivity index is 1.60. The van der Waals surface area contributed by atoms with Crippen molar-refractivity contribution in [1.82, 2.24) is 5.32 Å². The number of ether oxygens (including phenoxy) is 2. The first-order valence-corrected chi connectivity index (χ1v) is 10.6. The molecule has 178 valence electrons. The maximum Gasteiger partial charge on any atom is 0.307 e. The van der Waals surface area contributed by atoms with Gasteiger partial charge in [-0.3, -0.25) is 9.59 Å². The minimum absolute atomic E-state index is 0.0746. The van der Waals surface area contributed by atoms with Crippen molar-refractivity contribution < 1.29 is 33.0 Å². The molecule has 0 aliphatic rings. The summed E-state index contributed by atoms with van der Waals surface area (Å²) >= 11 is 0. The minimum atomic E-state index is -0.909. The van der Waals surface area contributed by atoms with Crippen LogP contribution in [0, 0.1) is 11.6 Å². The largest absolute Gasteiger partial charge is 0.496 e. The first kappa shape index (κ1) is 24.9. The maximum atomic E-state index is 13.2. The van der Waals surface area contributed by atoms with Crippen LogP contribution < -0.4 is 10.1 Å². The summed E-state index contributed by atoms with van der Waals surface area (Å²) < 4.78 is 37.1. The molecule has 8 heteroatoms. The highest BCUT2D eigenvalue weighted by molar-refractivity contribution is 5.76. The SMILES string of the molecule is COc1cccc(CNCCC(=O)OCc2cc(F)cc(F)c2)c1-c1cccc(CC(=O)O)c1. The zero-order chi connectivity index (χ0) is 24.5. The molecule has 3 rings (SSSR count). The molecular formula is C26H25F2NO5. The molecule has 2 N–H and O–H groups in total. The van der Waals surface area contributed by atoms with E-state index >= 15 is 0 Å². The Morgan fingerprint density at radius 3 is 2.41 bits per heavy atom. The van der Waals surface area contributed by atoms with Gasteiger partial charge in [-0.2, -0.15) is 0 Å². The van der Waals surface area contributed by atoms with Gasteiger partial charge in [-0.1, -0.05) is 36.4 Å². The van der Waals surface area contributed by atoms with Crippen molar-refractivity contribution >= 4 is 11.9 Å². The number of nitrogens with one attached hydrogen (secondary N) is 1. The topological polar surface area (TPSA) is 84.9 Å². The van der Waals surface area contributed by atoms with Crippen LogP contribution in [0.25, 0.3) is 11.1 Å². The van der Waals surface area contributed by atoms with Crippen LogP contribution >= 0.6 is 0 Å². The highest BCUT2D eigenvalue weighted by Crippen LogP contribution is 2.34. The van der Waals surface area contributed by atoms with Gasteiger partial charge in [0.05, 0.1) is 20.0 Å². The van der Waals surface area contributed by atoms with E-state index in [0.29, 0.717) is 24.4 Å². The highest BCUT2D eigenvalue weighted by atomic mass is 19.1. The number of rotatable bonds is 11. The van der Waals surface area contributed by atoms with Crippen LogP contribution in [0.1, 0.15) is 23.1 Å². The zero-order valence-corrected chi connectivity index (χ0v) is 18.6. The van der Waals surface area contributed by atoms with Gasteiger partial charge in [0, 0.05) is 24.7 Å². The molecule has 0 aliphatic heterocycles. The van der Waals surface area contributed by atoms with Crippen molar-refractivity contribution in [1.29, 1.82) is 0 Å². The second kappa shape index (κ2) is 11.9. The van der Waals surface area contributed by atoms with E-state index in [9.17, 15) is 18.4 Å². The normalized spacial score (nSPS) is 10.7. The summed E-state index contributed by atoms with van der Waals surface area (Å²) in [5.74, 6) is -2.21. The number of carbonyl (C=O) groups is 2. The molecule has 3 aromatic carbocycles.